The van der Waals surface area contributed by atoms with Crippen molar-refractivity contribution < 1.29 is 28.2 Å². The van der Waals surface area contributed by atoms with E-state index in [-0.39, 0.29) is 35.2 Å². The Morgan fingerprint density at radius 3 is 2.77 bits per heavy atom. The van der Waals surface area contributed by atoms with E-state index in [0.29, 0.717) is 5.56 Å². The molecule has 3 N–H and O–H groups in total. The number of rotatable bonds is 4. The lowest BCUT2D eigenvalue weighted by molar-refractivity contribution is -0.124. The van der Waals surface area contributed by atoms with E-state index in [1.165, 1.54) is 25.5 Å². The summed E-state index contributed by atoms with van der Waals surface area (Å²) >= 11 is 0. The minimum absolute atomic E-state index is 0.0117. The van der Waals surface area contributed by atoms with Gasteiger partial charge in [0.1, 0.15) is 0 Å². The summed E-state index contributed by atoms with van der Waals surface area (Å²) in [5.41, 5.74) is 2.66. The standard InChI is InChI=1S/C13H16N2O6S/c1-21-11-5-8(4-10(16)12(11)17)6-14-15-13(18)9-2-3-22(19,20)7-9/h4-6,9,16-17H,2-3,7H2,1H3,(H,15,18)/b14-6+/t9-/m0/s1. The highest BCUT2D eigenvalue weighted by molar-refractivity contribution is 7.91. The Labute approximate surface area is 127 Å². The number of carbonyl (C=O) groups excluding carboxylic acids is 1. The van der Waals surface area contributed by atoms with Crippen molar-refractivity contribution in [1.29, 1.82) is 0 Å². The molecular weight excluding hydrogens is 312 g/mol. The van der Waals surface area contributed by atoms with Crippen molar-refractivity contribution in [2.75, 3.05) is 18.6 Å². The first-order valence-corrected chi connectivity index (χ1v) is 8.28. The van der Waals surface area contributed by atoms with Crippen LogP contribution in [0.5, 0.6) is 17.2 Å². The van der Waals surface area contributed by atoms with Gasteiger partial charge in [0.2, 0.25) is 11.7 Å². The van der Waals surface area contributed by atoms with Gasteiger partial charge in [0, 0.05) is 5.56 Å². The Balaban J connectivity index is 2.01. The van der Waals surface area contributed by atoms with Crippen LogP contribution in [0.4, 0.5) is 0 Å². The van der Waals surface area contributed by atoms with Gasteiger partial charge in [-0.3, -0.25) is 4.79 Å². The van der Waals surface area contributed by atoms with Crippen LogP contribution < -0.4 is 10.2 Å². The molecule has 0 aliphatic carbocycles. The second kappa shape index (κ2) is 6.22. The Morgan fingerprint density at radius 2 is 2.18 bits per heavy atom. The number of hydrazone groups is 1. The van der Waals surface area contributed by atoms with Gasteiger partial charge in [0.15, 0.2) is 21.3 Å². The average molecular weight is 328 g/mol. The number of nitrogens with zero attached hydrogens (tertiary/aromatic N) is 1. The van der Waals surface area contributed by atoms with Gasteiger partial charge in [-0.1, -0.05) is 0 Å². The lowest BCUT2D eigenvalue weighted by Crippen LogP contribution is -2.27. The SMILES string of the molecule is COc1cc(/C=N/NC(=O)[C@H]2CCS(=O)(=O)C2)cc(O)c1O. The molecule has 0 spiro atoms. The van der Waals surface area contributed by atoms with Crippen LogP contribution in [-0.4, -0.2) is 49.4 Å². The van der Waals surface area contributed by atoms with Gasteiger partial charge in [-0.2, -0.15) is 5.10 Å². The number of carbonyl (C=O) groups is 1. The van der Waals surface area contributed by atoms with Crippen molar-refractivity contribution in [3.05, 3.63) is 17.7 Å². The highest BCUT2D eigenvalue weighted by Gasteiger charge is 2.32. The lowest BCUT2D eigenvalue weighted by atomic mass is 10.1. The number of phenolic OH excluding ortho intramolecular Hbond substituents is 2. The second-order valence-corrected chi connectivity index (χ2v) is 7.15. The highest BCUT2D eigenvalue weighted by atomic mass is 32.2. The molecule has 1 aromatic carbocycles. The van der Waals surface area contributed by atoms with Crippen LogP contribution in [0.3, 0.4) is 0 Å². The van der Waals surface area contributed by atoms with Gasteiger partial charge >= 0.3 is 0 Å². The van der Waals surface area contributed by atoms with E-state index in [1.807, 2.05) is 0 Å². The van der Waals surface area contributed by atoms with Crippen molar-refractivity contribution >= 4 is 22.0 Å². The molecule has 0 aromatic heterocycles. The maximum atomic E-state index is 11.8. The summed E-state index contributed by atoms with van der Waals surface area (Å²) in [7, 11) is -1.80. The first kappa shape index (κ1) is 16.1. The molecule has 1 fully saturated rings. The molecule has 0 unspecified atom stereocenters. The summed E-state index contributed by atoms with van der Waals surface area (Å²) in [4.78, 5) is 11.8. The molecule has 1 heterocycles. The number of phenols is 2. The summed E-state index contributed by atoms with van der Waals surface area (Å²) < 4.78 is 27.5. The second-order valence-electron chi connectivity index (χ2n) is 4.93. The maximum absolute atomic E-state index is 11.8. The Hall–Kier alpha value is -2.29. The normalized spacial score (nSPS) is 20.1. The largest absolute Gasteiger partial charge is 0.504 e. The van der Waals surface area contributed by atoms with Crippen LogP contribution in [0.1, 0.15) is 12.0 Å². The zero-order chi connectivity index (χ0) is 16.3. The number of benzene rings is 1. The fraction of sp³-hybridized carbons (Fsp3) is 0.385. The number of amides is 1. The van der Waals surface area contributed by atoms with E-state index in [0.717, 1.165) is 0 Å². The van der Waals surface area contributed by atoms with E-state index in [1.54, 1.807) is 0 Å². The molecule has 0 radical (unpaired) electrons. The third-order valence-corrected chi connectivity index (χ3v) is 5.06. The predicted octanol–water partition coefficient (Wildman–Crippen LogP) is -0.00880. The maximum Gasteiger partial charge on any atom is 0.244 e. The lowest BCUT2D eigenvalue weighted by Gasteiger charge is -2.07. The third-order valence-electron chi connectivity index (χ3n) is 3.29. The van der Waals surface area contributed by atoms with Gasteiger partial charge in [-0.15, -0.1) is 0 Å². The Kier molecular flexibility index (Phi) is 4.55. The van der Waals surface area contributed by atoms with Crippen LogP contribution >= 0.6 is 0 Å². The number of hydrogen-bond acceptors (Lipinski definition) is 7. The van der Waals surface area contributed by atoms with E-state index < -0.39 is 21.7 Å². The molecular formula is C13H16N2O6S. The first-order chi connectivity index (χ1) is 10.3. The summed E-state index contributed by atoms with van der Waals surface area (Å²) in [6.45, 7) is 0. The molecule has 22 heavy (non-hydrogen) atoms. The molecule has 120 valence electrons. The first-order valence-electron chi connectivity index (χ1n) is 6.45. The number of sulfone groups is 1. The van der Waals surface area contributed by atoms with Gasteiger partial charge in [-0.05, 0) is 18.6 Å². The van der Waals surface area contributed by atoms with Crippen LogP contribution in [-0.2, 0) is 14.6 Å². The highest BCUT2D eigenvalue weighted by Crippen LogP contribution is 2.35. The monoisotopic (exact) mass is 328 g/mol. The van der Waals surface area contributed by atoms with Crippen LogP contribution in [0.15, 0.2) is 17.2 Å². The van der Waals surface area contributed by atoms with Crippen molar-refractivity contribution in [2.45, 2.75) is 6.42 Å². The number of methoxy groups -OCH3 is 1. The molecule has 0 bridgehead atoms. The predicted molar refractivity (Wildman–Crippen MR) is 78.8 cm³/mol. The van der Waals surface area contributed by atoms with Crippen LogP contribution in [0.25, 0.3) is 0 Å². The Bertz CT molecular complexity index is 713. The fourth-order valence-electron chi connectivity index (χ4n) is 2.11. The molecule has 9 heteroatoms. The Morgan fingerprint density at radius 1 is 1.45 bits per heavy atom. The summed E-state index contributed by atoms with van der Waals surface area (Å²) in [5.74, 6) is -1.92. The average Bonchev–Trinajstić information content (AvgIpc) is 2.82. The van der Waals surface area contributed by atoms with Crippen molar-refractivity contribution in [3.8, 4) is 17.2 Å². The zero-order valence-electron chi connectivity index (χ0n) is 11.8. The van der Waals surface area contributed by atoms with Gasteiger partial charge in [0.25, 0.3) is 0 Å². The van der Waals surface area contributed by atoms with Gasteiger partial charge < -0.3 is 14.9 Å². The molecule has 1 atom stereocenters. The van der Waals surface area contributed by atoms with Gasteiger partial charge in [-0.25, -0.2) is 13.8 Å². The molecule has 1 amide bonds. The summed E-state index contributed by atoms with van der Waals surface area (Å²) in [6.07, 6.45) is 1.54. The van der Waals surface area contributed by atoms with E-state index >= 15 is 0 Å². The van der Waals surface area contributed by atoms with Crippen LogP contribution in [0, 0.1) is 5.92 Å². The van der Waals surface area contributed by atoms with Crippen molar-refractivity contribution in [3.63, 3.8) is 0 Å². The zero-order valence-corrected chi connectivity index (χ0v) is 12.6. The van der Waals surface area contributed by atoms with Gasteiger partial charge in [0.05, 0.1) is 30.7 Å². The van der Waals surface area contributed by atoms with Crippen LogP contribution in [0.2, 0.25) is 0 Å². The number of ether oxygens (including phenoxy) is 1. The van der Waals surface area contributed by atoms with E-state index in [4.69, 9.17) is 4.74 Å². The number of aromatic hydroxyl groups is 2. The van der Waals surface area contributed by atoms with E-state index in [2.05, 4.69) is 10.5 Å². The third kappa shape index (κ3) is 3.67. The minimum atomic E-state index is -3.13. The summed E-state index contributed by atoms with van der Waals surface area (Å²) in [5, 5.41) is 22.7. The number of hydrogen-bond donors (Lipinski definition) is 3. The molecule has 2 rings (SSSR count). The minimum Gasteiger partial charge on any atom is -0.504 e. The van der Waals surface area contributed by atoms with Crippen molar-refractivity contribution in [1.82, 2.24) is 5.43 Å². The fourth-order valence-corrected chi connectivity index (χ4v) is 3.85. The molecule has 1 aliphatic heterocycles. The molecule has 1 saturated heterocycles. The molecule has 8 nitrogen and oxygen atoms in total. The quantitative estimate of drug-likeness (QED) is 0.405. The topological polar surface area (TPSA) is 125 Å². The van der Waals surface area contributed by atoms with Crippen molar-refractivity contribution in [2.24, 2.45) is 11.0 Å². The smallest absolute Gasteiger partial charge is 0.244 e. The number of nitrogens with one attached hydrogen (secondary N) is 1. The molecule has 0 saturated carbocycles. The van der Waals surface area contributed by atoms with E-state index in [9.17, 15) is 23.4 Å². The molecule has 1 aliphatic rings. The summed E-state index contributed by atoms with van der Waals surface area (Å²) in [6, 6.07) is 2.66. The molecule has 1 aromatic rings.